The average Bonchev–Trinajstić information content (AvgIpc) is 2.28. The Labute approximate surface area is 102 Å². The van der Waals surface area contributed by atoms with Crippen molar-refractivity contribution in [2.24, 2.45) is 0 Å². The molecule has 0 saturated heterocycles. The number of nitrogens with zero attached hydrogens (tertiary/aromatic N) is 1. The van der Waals surface area contributed by atoms with Gasteiger partial charge in [0.15, 0.2) is 0 Å². The minimum Gasteiger partial charge on any atom is -0.207 e. The van der Waals surface area contributed by atoms with Gasteiger partial charge in [-0.3, -0.25) is 0 Å². The highest BCUT2D eigenvalue weighted by molar-refractivity contribution is 7.99. The van der Waals surface area contributed by atoms with E-state index >= 15 is 0 Å². The van der Waals surface area contributed by atoms with Gasteiger partial charge in [0.1, 0.15) is 11.6 Å². The molecule has 0 aliphatic heterocycles. The summed E-state index contributed by atoms with van der Waals surface area (Å²) in [6.45, 7) is 0. The largest absolute Gasteiger partial charge is 0.207 e. The van der Waals surface area contributed by atoms with Crippen LogP contribution in [0.2, 0.25) is 0 Å². The fraction of sp³-hybridized carbons (Fsp3) is 0. The van der Waals surface area contributed by atoms with Crippen molar-refractivity contribution in [1.29, 1.82) is 5.26 Å². The third-order valence-corrected chi connectivity index (χ3v) is 3.03. The first-order valence-electron chi connectivity index (χ1n) is 4.81. The molecule has 84 valence electrons. The molecule has 0 heterocycles. The van der Waals surface area contributed by atoms with E-state index in [0.29, 0.717) is 10.5 Å². The van der Waals surface area contributed by atoms with E-state index in [1.807, 2.05) is 6.07 Å². The van der Waals surface area contributed by atoms with E-state index in [1.54, 1.807) is 24.3 Å². The summed E-state index contributed by atoms with van der Waals surface area (Å²) >= 11 is 1.25. The van der Waals surface area contributed by atoms with Gasteiger partial charge in [0, 0.05) is 15.9 Å². The lowest BCUT2D eigenvalue weighted by molar-refractivity contribution is 0.577. The smallest absolute Gasteiger partial charge is 0.127 e. The molecule has 1 nitrogen and oxygen atoms in total. The van der Waals surface area contributed by atoms with Crippen LogP contribution >= 0.6 is 11.8 Å². The fourth-order valence-electron chi connectivity index (χ4n) is 1.32. The first-order valence-corrected chi connectivity index (χ1v) is 5.63. The van der Waals surface area contributed by atoms with Crippen LogP contribution in [0, 0.1) is 23.0 Å². The summed E-state index contributed by atoms with van der Waals surface area (Å²) in [4.78, 5) is 1.32. The molecular weight excluding hydrogens is 240 g/mol. The molecule has 0 atom stereocenters. The number of nitriles is 1. The van der Waals surface area contributed by atoms with Crippen LogP contribution in [0.25, 0.3) is 0 Å². The zero-order chi connectivity index (χ0) is 12.3. The fourth-order valence-corrected chi connectivity index (χ4v) is 2.21. The maximum Gasteiger partial charge on any atom is 0.127 e. The van der Waals surface area contributed by atoms with Crippen molar-refractivity contribution in [3.05, 3.63) is 59.7 Å². The minimum atomic E-state index is -0.596. The molecule has 0 N–H and O–H groups in total. The van der Waals surface area contributed by atoms with E-state index in [4.69, 9.17) is 5.26 Å². The molecule has 0 fully saturated rings. The standard InChI is InChI=1S/C13H7F2NS/c14-10-5-11(15)7-13(6-10)17-12-3-1-9(8-16)2-4-12/h1-7H. The van der Waals surface area contributed by atoms with Crippen molar-refractivity contribution in [1.82, 2.24) is 0 Å². The molecule has 0 spiro atoms. The van der Waals surface area contributed by atoms with E-state index in [1.165, 1.54) is 23.9 Å². The van der Waals surface area contributed by atoms with Crippen LogP contribution < -0.4 is 0 Å². The predicted molar refractivity (Wildman–Crippen MR) is 61.6 cm³/mol. The van der Waals surface area contributed by atoms with Crippen LogP contribution in [0.1, 0.15) is 5.56 Å². The molecule has 0 aliphatic carbocycles. The topological polar surface area (TPSA) is 23.8 Å². The van der Waals surface area contributed by atoms with Crippen LogP contribution in [0.15, 0.2) is 52.3 Å². The first kappa shape index (κ1) is 11.6. The second kappa shape index (κ2) is 4.98. The Kier molecular flexibility index (Phi) is 3.40. The van der Waals surface area contributed by atoms with Crippen LogP contribution in [0.3, 0.4) is 0 Å². The van der Waals surface area contributed by atoms with Crippen molar-refractivity contribution in [2.75, 3.05) is 0 Å². The maximum atomic E-state index is 13.0. The molecule has 2 rings (SSSR count). The van der Waals surface area contributed by atoms with Gasteiger partial charge in [-0.1, -0.05) is 11.8 Å². The highest BCUT2D eigenvalue weighted by atomic mass is 32.2. The van der Waals surface area contributed by atoms with Crippen LogP contribution in [0.4, 0.5) is 8.78 Å². The molecular formula is C13H7F2NS. The molecule has 0 aromatic heterocycles. The molecule has 4 heteroatoms. The second-order valence-corrected chi connectivity index (χ2v) is 4.49. The van der Waals surface area contributed by atoms with Gasteiger partial charge in [0.2, 0.25) is 0 Å². The molecule has 0 aliphatic rings. The Morgan fingerprint density at radius 3 is 2.00 bits per heavy atom. The average molecular weight is 247 g/mol. The molecule has 2 aromatic carbocycles. The Bertz CT molecular complexity index is 553. The maximum absolute atomic E-state index is 13.0. The lowest BCUT2D eigenvalue weighted by Gasteiger charge is -2.02. The normalized spacial score (nSPS) is 9.94. The van der Waals surface area contributed by atoms with Crippen molar-refractivity contribution in [2.45, 2.75) is 9.79 Å². The molecule has 0 unspecified atom stereocenters. The summed E-state index contributed by atoms with van der Waals surface area (Å²) in [5.74, 6) is -1.19. The second-order valence-electron chi connectivity index (χ2n) is 3.34. The summed E-state index contributed by atoms with van der Waals surface area (Å²) in [6, 6.07) is 12.2. The van der Waals surface area contributed by atoms with Gasteiger partial charge in [0.25, 0.3) is 0 Å². The van der Waals surface area contributed by atoms with Crippen LogP contribution in [0.5, 0.6) is 0 Å². The highest BCUT2D eigenvalue weighted by Gasteiger charge is 2.02. The van der Waals surface area contributed by atoms with Crippen LogP contribution in [-0.2, 0) is 0 Å². The third kappa shape index (κ3) is 3.05. The first-order chi connectivity index (χ1) is 8.17. The zero-order valence-electron chi connectivity index (χ0n) is 8.65. The molecule has 0 bridgehead atoms. The lowest BCUT2D eigenvalue weighted by atomic mass is 10.2. The number of hydrogen-bond acceptors (Lipinski definition) is 2. The third-order valence-electron chi connectivity index (χ3n) is 2.06. The Balaban J connectivity index is 2.22. The van der Waals surface area contributed by atoms with Gasteiger partial charge < -0.3 is 0 Å². The van der Waals surface area contributed by atoms with E-state index in [0.717, 1.165) is 11.0 Å². The highest BCUT2D eigenvalue weighted by Crippen LogP contribution is 2.28. The van der Waals surface area contributed by atoms with Gasteiger partial charge in [-0.25, -0.2) is 8.78 Å². The lowest BCUT2D eigenvalue weighted by Crippen LogP contribution is -1.82. The van der Waals surface area contributed by atoms with Crippen molar-refractivity contribution in [3.63, 3.8) is 0 Å². The van der Waals surface area contributed by atoms with E-state index in [9.17, 15) is 8.78 Å². The van der Waals surface area contributed by atoms with Gasteiger partial charge >= 0.3 is 0 Å². The molecule has 17 heavy (non-hydrogen) atoms. The van der Waals surface area contributed by atoms with Gasteiger partial charge in [0.05, 0.1) is 11.6 Å². The quantitative estimate of drug-likeness (QED) is 0.801. The predicted octanol–water partition coefficient (Wildman–Crippen LogP) is 3.99. The van der Waals surface area contributed by atoms with E-state index in [-0.39, 0.29) is 0 Å². The molecule has 2 aromatic rings. The van der Waals surface area contributed by atoms with Gasteiger partial charge in [-0.15, -0.1) is 0 Å². The molecule has 0 amide bonds. The molecule has 0 radical (unpaired) electrons. The monoisotopic (exact) mass is 247 g/mol. The Morgan fingerprint density at radius 1 is 0.882 bits per heavy atom. The molecule has 0 saturated carbocycles. The van der Waals surface area contributed by atoms with Crippen LogP contribution in [-0.4, -0.2) is 0 Å². The number of rotatable bonds is 2. The Morgan fingerprint density at radius 2 is 1.47 bits per heavy atom. The van der Waals surface area contributed by atoms with E-state index in [2.05, 4.69) is 0 Å². The van der Waals surface area contributed by atoms with Gasteiger partial charge in [-0.05, 0) is 36.4 Å². The van der Waals surface area contributed by atoms with E-state index < -0.39 is 11.6 Å². The zero-order valence-corrected chi connectivity index (χ0v) is 9.47. The minimum absolute atomic E-state index is 0.493. The van der Waals surface area contributed by atoms with Crippen molar-refractivity contribution < 1.29 is 8.78 Å². The van der Waals surface area contributed by atoms with Gasteiger partial charge in [-0.2, -0.15) is 5.26 Å². The summed E-state index contributed by atoms with van der Waals surface area (Å²) < 4.78 is 25.9. The summed E-state index contributed by atoms with van der Waals surface area (Å²) in [5.41, 5.74) is 0.555. The number of halogens is 2. The Hall–Kier alpha value is -1.86. The summed E-state index contributed by atoms with van der Waals surface area (Å²) in [6.07, 6.45) is 0. The SMILES string of the molecule is N#Cc1ccc(Sc2cc(F)cc(F)c2)cc1. The summed E-state index contributed by atoms with van der Waals surface area (Å²) in [5, 5.41) is 8.64. The van der Waals surface area contributed by atoms with Crippen molar-refractivity contribution >= 4 is 11.8 Å². The number of benzene rings is 2. The summed E-state index contributed by atoms with van der Waals surface area (Å²) in [7, 11) is 0. The van der Waals surface area contributed by atoms with Crippen molar-refractivity contribution in [3.8, 4) is 6.07 Å². The number of hydrogen-bond donors (Lipinski definition) is 0.